The lowest BCUT2D eigenvalue weighted by Gasteiger charge is -2.12. The maximum atomic E-state index is 12.1. The molecular weight excluding hydrogens is 314 g/mol. The number of hydrogen-bond acceptors (Lipinski definition) is 3. The molecule has 3 aromatic rings. The fraction of sp³-hybridized carbons (Fsp3) is 0.316. The van der Waals surface area contributed by atoms with Crippen molar-refractivity contribution in [3.63, 3.8) is 0 Å². The Kier molecular flexibility index (Phi) is 4.97. The molecule has 0 unspecified atom stereocenters. The van der Waals surface area contributed by atoms with Crippen molar-refractivity contribution in [2.45, 2.75) is 33.9 Å². The summed E-state index contributed by atoms with van der Waals surface area (Å²) in [4.78, 5) is 16.6. The van der Waals surface area contributed by atoms with E-state index < -0.39 is 0 Å². The predicted octanol–water partition coefficient (Wildman–Crippen LogP) is 2.49. The first-order valence-electron chi connectivity index (χ1n) is 8.40. The summed E-state index contributed by atoms with van der Waals surface area (Å²) >= 11 is 0. The number of aromatic nitrogens is 4. The van der Waals surface area contributed by atoms with Gasteiger partial charge in [-0.15, -0.1) is 0 Å². The summed E-state index contributed by atoms with van der Waals surface area (Å²) in [6.45, 7) is 7.38. The summed E-state index contributed by atoms with van der Waals surface area (Å²) in [6, 6.07) is 12.0. The molecule has 0 saturated carbocycles. The second-order valence-electron chi connectivity index (χ2n) is 6.18. The fourth-order valence-electron chi connectivity index (χ4n) is 2.89. The van der Waals surface area contributed by atoms with E-state index in [-0.39, 0.29) is 12.5 Å². The molecule has 0 radical (unpaired) electrons. The van der Waals surface area contributed by atoms with E-state index in [2.05, 4.69) is 20.0 Å². The van der Waals surface area contributed by atoms with Crippen molar-refractivity contribution in [3.8, 4) is 11.4 Å². The zero-order valence-corrected chi connectivity index (χ0v) is 14.9. The number of imidazole rings is 1. The van der Waals surface area contributed by atoms with Gasteiger partial charge in [0.05, 0.1) is 5.69 Å². The molecule has 0 aliphatic carbocycles. The minimum absolute atomic E-state index is 0.0368. The van der Waals surface area contributed by atoms with E-state index in [0.29, 0.717) is 13.1 Å². The number of aryl methyl sites for hydroxylation is 3. The van der Waals surface area contributed by atoms with Crippen LogP contribution in [0.3, 0.4) is 0 Å². The number of nitrogens with one attached hydrogen (secondary N) is 1. The lowest BCUT2D eigenvalue weighted by Crippen LogP contribution is -2.31. The highest BCUT2D eigenvalue weighted by Crippen LogP contribution is 2.18. The van der Waals surface area contributed by atoms with Gasteiger partial charge in [-0.25, -0.2) is 4.98 Å². The standard InChI is InChI=1S/C19H23N5O/c1-14-11-15(2)24(22-14)13-18(25)20-9-10-23-16(3)12-21-19(23)17-7-5-4-6-8-17/h4-8,11-12H,9-10,13H2,1-3H3,(H,20,25). The second kappa shape index (κ2) is 7.34. The van der Waals surface area contributed by atoms with E-state index in [1.165, 1.54) is 0 Å². The van der Waals surface area contributed by atoms with Gasteiger partial charge in [0.2, 0.25) is 5.91 Å². The summed E-state index contributed by atoms with van der Waals surface area (Å²) in [5, 5.41) is 7.28. The highest BCUT2D eigenvalue weighted by molar-refractivity contribution is 5.75. The molecule has 130 valence electrons. The number of amides is 1. The van der Waals surface area contributed by atoms with Crippen LogP contribution in [0.1, 0.15) is 17.1 Å². The lowest BCUT2D eigenvalue weighted by atomic mass is 10.2. The average molecular weight is 337 g/mol. The third kappa shape index (κ3) is 3.96. The smallest absolute Gasteiger partial charge is 0.241 e. The van der Waals surface area contributed by atoms with Crippen molar-refractivity contribution >= 4 is 5.91 Å². The minimum Gasteiger partial charge on any atom is -0.353 e. The first-order valence-corrected chi connectivity index (χ1v) is 8.40. The van der Waals surface area contributed by atoms with Crippen LogP contribution in [0, 0.1) is 20.8 Å². The first-order chi connectivity index (χ1) is 12.0. The minimum atomic E-state index is -0.0368. The molecule has 6 heteroatoms. The fourth-order valence-corrected chi connectivity index (χ4v) is 2.89. The van der Waals surface area contributed by atoms with Crippen LogP contribution in [0.2, 0.25) is 0 Å². The number of carbonyl (C=O) groups is 1. The van der Waals surface area contributed by atoms with Crippen LogP contribution in [0.5, 0.6) is 0 Å². The van der Waals surface area contributed by atoms with Crippen molar-refractivity contribution in [2.24, 2.45) is 0 Å². The highest BCUT2D eigenvalue weighted by atomic mass is 16.2. The summed E-state index contributed by atoms with van der Waals surface area (Å²) in [6.07, 6.45) is 1.86. The van der Waals surface area contributed by atoms with Gasteiger partial charge in [0, 0.05) is 36.2 Å². The Hall–Kier alpha value is -2.89. The molecule has 25 heavy (non-hydrogen) atoms. The van der Waals surface area contributed by atoms with Gasteiger partial charge in [0.1, 0.15) is 12.4 Å². The maximum Gasteiger partial charge on any atom is 0.241 e. The van der Waals surface area contributed by atoms with E-state index in [4.69, 9.17) is 0 Å². The van der Waals surface area contributed by atoms with Crippen LogP contribution in [0.4, 0.5) is 0 Å². The van der Waals surface area contributed by atoms with Crippen LogP contribution >= 0.6 is 0 Å². The highest BCUT2D eigenvalue weighted by Gasteiger charge is 2.10. The molecule has 0 fully saturated rings. The summed E-state index contributed by atoms with van der Waals surface area (Å²) in [7, 11) is 0. The quantitative estimate of drug-likeness (QED) is 0.751. The molecule has 0 bridgehead atoms. The first kappa shape index (κ1) is 17.0. The molecule has 0 atom stereocenters. The Morgan fingerprint density at radius 2 is 1.88 bits per heavy atom. The molecule has 0 aliphatic heterocycles. The van der Waals surface area contributed by atoms with Gasteiger partial charge in [-0.3, -0.25) is 9.48 Å². The predicted molar refractivity (Wildman–Crippen MR) is 97.1 cm³/mol. The Morgan fingerprint density at radius 1 is 1.12 bits per heavy atom. The van der Waals surface area contributed by atoms with Gasteiger partial charge in [-0.05, 0) is 26.8 Å². The van der Waals surface area contributed by atoms with Crippen LogP contribution in [-0.4, -0.2) is 31.8 Å². The molecule has 0 aliphatic rings. The zero-order chi connectivity index (χ0) is 17.8. The largest absolute Gasteiger partial charge is 0.353 e. The Labute approximate surface area is 147 Å². The van der Waals surface area contributed by atoms with Gasteiger partial charge in [0.25, 0.3) is 0 Å². The maximum absolute atomic E-state index is 12.1. The van der Waals surface area contributed by atoms with Gasteiger partial charge in [-0.1, -0.05) is 30.3 Å². The van der Waals surface area contributed by atoms with Crippen molar-refractivity contribution in [3.05, 3.63) is 59.7 Å². The van der Waals surface area contributed by atoms with Gasteiger partial charge < -0.3 is 9.88 Å². The molecule has 1 N–H and O–H groups in total. The monoisotopic (exact) mass is 337 g/mol. The molecule has 2 aromatic heterocycles. The van der Waals surface area contributed by atoms with Crippen molar-refractivity contribution in [1.29, 1.82) is 0 Å². The van der Waals surface area contributed by atoms with E-state index in [1.54, 1.807) is 4.68 Å². The molecular formula is C19H23N5O. The van der Waals surface area contributed by atoms with E-state index in [0.717, 1.165) is 28.5 Å². The molecule has 0 spiro atoms. The van der Waals surface area contributed by atoms with E-state index >= 15 is 0 Å². The molecule has 1 amide bonds. The van der Waals surface area contributed by atoms with Gasteiger partial charge >= 0.3 is 0 Å². The third-order valence-corrected chi connectivity index (χ3v) is 4.14. The van der Waals surface area contributed by atoms with E-state index in [9.17, 15) is 4.79 Å². The van der Waals surface area contributed by atoms with Crippen LogP contribution in [0.15, 0.2) is 42.6 Å². The van der Waals surface area contributed by atoms with Crippen LogP contribution < -0.4 is 5.32 Å². The van der Waals surface area contributed by atoms with Gasteiger partial charge in [0.15, 0.2) is 0 Å². The summed E-state index contributed by atoms with van der Waals surface area (Å²) < 4.78 is 3.85. The Balaban J connectivity index is 1.60. The van der Waals surface area contributed by atoms with Crippen molar-refractivity contribution in [2.75, 3.05) is 6.54 Å². The number of hydrogen-bond donors (Lipinski definition) is 1. The zero-order valence-electron chi connectivity index (χ0n) is 14.9. The Bertz CT molecular complexity index is 863. The van der Waals surface area contributed by atoms with Crippen LogP contribution in [-0.2, 0) is 17.9 Å². The second-order valence-corrected chi connectivity index (χ2v) is 6.18. The van der Waals surface area contributed by atoms with Crippen molar-refractivity contribution < 1.29 is 4.79 Å². The topological polar surface area (TPSA) is 64.7 Å². The lowest BCUT2D eigenvalue weighted by molar-refractivity contribution is -0.121. The third-order valence-electron chi connectivity index (χ3n) is 4.14. The van der Waals surface area contributed by atoms with Crippen LogP contribution in [0.25, 0.3) is 11.4 Å². The normalized spacial score (nSPS) is 10.8. The summed E-state index contributed by atoms with van der Waals surface area (Å²) in [5.74, 6) is 0.885. The molecule has 6 nitrogen and oxygen atoms in total. The molecule has 3 rings (SSSR count). The number of benzene rings is 1. The Morgan fingerprint density at radius 3 is 2.56 bits per heavy atom. The van der Waals surface area contributed by atoms with Crippen molar-refractivity contribution in [1.82, 2.24) is 24.6 Å². The van der Waals surface area contributed by atoms with Gasteiger partial charge in [-0.2, -0.15) is 5.10 Å². The van der Waals surface area contributed by atoms with E-state index in [1.807, 2.05) is 63.4 Å². The molecule has 1 aromatic carbocycles. The molecule has 0 saturated heterocycles. The number of rotatable bonds is 6. The number of carbonyl (C=O) groups excluding carboxylic acids is 1. The summed E-state index contributed by atoms with van der Waals surface area (Å²) in [5.41, 5.74) is 4.06. The molecule has 2 heterocycles. The average Bonchev–Trinajstić information content (AvgIpc) is 3.11. The number of nitrogens with zero attached hydrogens (tertiary/aromatic N) is 4. The SMILES string of the molecule is Cc1cc(C)n(CC(=O)NCCn2c(C)cnc2-c2ccccc2)n1.